The molecule has 0 bridgehead atoms. The predicted octanol–water partition coefficient (Wildman–Crippen LogP) is 3.74. The maximum Gasteiger partial charge on any atom is 0.246 e. The summed E-state index contributed by atoms with van der Waals surface area (Å²) in [5, 5.41) is -0.231. The van der Waals surface area contributed by atoms with Gasteiger partial charge in [-0.05, 0) is 42.8 Å². The zero-order chi connectivity index (χ0) is 23.5. The van der Waals surface area contributed by atoms with Crippen molar-refractivity contribution in [2.45, 2.75) is 19.5 Å². The smallest absolute Gasteiger partial charge is 0.246 e. The van der Waals surface area contributed by atoms with E-state index in [-0.39, 0.29) is 34.0 Å². The van der Waals surface area contributed by atoms with Crippen LogP contribution in [0.3, 0.4) is 0 Å². The van der Waals surface area contributed by atoms with Gasteiger partial charge in [0.25, 0.3) is 0 Å². The van der Waals surface area contributed by atoms with Gasteiger partial charge in [0.2, 0.25) is 15.9 Å². The largest absolute Gasteiger partial charge is 0.334 e. The SMILES string of the molecule is CC1CN(Cc2ccc(F)cc2)CCN1C(=O)C=Cc1cc(F)c(Cl)cc1NS(C)(=O)=O. The van der Waals surface area contributed by atoms with Gasteiger partial charge in [0.05, 0.1) is 17.0 Å². The summed E-state index contributed by atoms with van der Waals surface area (Å²) in [6.45, 7) is 4.38. The van der Waals surface area contributed by atoms with Gasteiger partial charge in [-0.2, -0.15) is 0 Å². The first kappa shape index (κ1) is 24.2. The number of rotatable bonds is 6. The van der Waals surface area contributed by atoms with Crippen molar-refractivity contribution >= 4 is 39.3 Å². The minimum Gasteiger partial charge on any atom is -0.334 e. The Morgan fingerprint density at radius 2 is 1.91 bits per heavy atom. The zero-order valence-corrected chi connectivity index (χ0v) is 19.3. The minimum atomic E-state index is -3.62. The van der Waals surface area contributed by atoms with Crippen LogP contribution < -0.4 is 4.72 Å². The van der Waals surface area contributed by atoms with Crippen molar-refractivity contribution in [1.82, 2.24) is 9.80 Å². The molecule has 32 heavy (non-hydrogen) atoms. The standard InChI is InChI=1S/C22H24ClF2N3O3S/c1-15-13-27(14-16-3-6-18(24)7-4-16)9-10-28(15)22(29)8-5-17-11-20(25)19(23)12-21(17)26-32(2,30)31/h3-8,11-12,15,26H,9-10,13-14H2,1-2H3. The fourth-order valence-electron chi connectivity index (χ4n) is 3.60. The fourth-order valence-corrected chi connectivity index (χ4v) is 4.34. The molecular weight excluding hydrogens is 460 g/mol. The van der Waals surface area contributed by atoms with Crippen LogP contribution >= 0.6 is 11.6 Å². The van der Waals surface area contributed by atoms with E-state index in [1.807, 2.05) is 6.92 Å². The number of nitrogens with one attached hydrogen (secondary N) is 1. The minimum absolute atomic E-state index is 0.0723. The van der Waals surface area contributed by atoms with Gasteiger partial charge in [-0.25, -0.2) is 17.2 Å². The lowest BCUT2D eigenvalue weighted by molar-refractivity contribution is -0.130. The van der Waals surface area contributed by atoms with Crippen LogP contribution in [0.25, 0.3) is 6.08 Å². The van der Waals surface area contributed by atoms with E-state index < -0.39 is 15.8 Å². The third-order valence-electron chi connectivity index (χ3n) is 5.11. The number of hydrogen-bond donors (Lipinski definition) is 1. The summed E-state index contributed by atoms with van der Waals surface area (Å²) in [4.78, 5) is 16.6. The summed E-state index contributed by atoms with van der Waals surface area (Å²) < 4.78 is 52.4. The zero-order valence-electron chi connectivity index (χ0n) is 17.7. The van der Waals surface area contributed by atoms with E-state index in [1.165, 1.54) is 30.4 Å². The molecule has 10 heteroatoms. The normalized spacial score (nSPS) is 17.7. The summed E-state index contributed by atoms with van der Waals surface area (Å²) in [5.41, 5.74) is 1.27. The molecule has 1 amide bonds. The Balaban J connectivity index is 1.67. The van der Waals surface area contributed by atoms with Crippen LogP contribution in [0.1, 0.15) is 18.1 Å². The van der Waals surface area contributed by atoms with Crippen molar-refractivity contribution in [3.63, 3.8) is 0 Å². The molecule has 0 spiro atoms. The quantitative estimate of drug-likeness (QED) is 0.635. The average molecular weight is 484 g/mol. The van der Waals surface area contributed by atoms with E-state index in [0.717, 1.165) is 17.9 Å². The fraction of sp³-hybridized carbons (Fsp3) is 0.318. The highest BCUT2D eigenvalue weighted by Gasteiger charge is 2.26. The van der Waals surface area contributed by atoms with E-state index in [0.29, 0.717) is 26.2 Å². The molecule has 1 saturated heterocycles. The van der Waals surface area contributed by atoms with Gasteiger partial charge in [-0.3, -0.25) is 14.4 Å². The Morgan fingerprint density at radius 1 is 1.22 bits per heavy atom. The number of anilines is 1. The number of amides is 1. The van der Waals surface area contributed by atoms with Crippen molar-refractivity contribution in [2.75, 3.05) is 30.6 Å². The monoisotopic (exact) mass is 483 g/mol. The maximum atomic E-state index is 13.9. The Kier molecular flexibility index (Phi) is 7.53. The Labute approximate surface area is 191 Å². The van der Waals surface area contributed by atoms with E-state index in [1.54, 1.807) is 17.0 Å². The topological polar surface area (TPSA) is 69.7 Å². The van der Waals surface area contributed by atoms with Crippen LogP contribution in [0.4, 0.5) is 14.5 Å². The molecule has 6 nitrogen and oxygen atoms in total. The van der Waals surface area contributed by atoms with Crippen LogP contribution in [0, 0.1) is 11.6 Å². The van der Waals surface area contributed by atoms with Gasteiger partial charge in [0, 0.05) is 43.9 Å². The number of sulfonamides is 1. The lowest BCUT2D eigenvalue weighted by Crippen LogP contribution is -2.53. The third-order valence-corrected chi connectivity index (χ3v) is 5.99. The molecule has 0 aromatic heterocycles. The summed E-state index contributed by atoms with van der Waals surface area (Å²) in [7, 11) is -3.62. The highest BCUT2D eigenvalue weighted by Crippen LogP contribution is 2.26. The molecule has 0 aliphatic carbocycles. The number of carbonyl (C=O) groups excluding carboxylic acids is 1. The van der Waals surface area contributed by atoms with Crippen molar-refractivity contribution in [3.05, 3.63) is 70.3 Å². The second-order valence-corrected chi connectivity index (χ2v) is 9.96. The molecule has 1 N–H and O–H groups in total. The molecule has 1 aliphatic heterocycles. The molecule has 1 heterocycles. The van der Waals surface area contributed by atoms with E-state index >= 15 is 0 Å². The lowest BCUT2D eigenvalue weighted by atomic mass is 10.1. The van der Waals surface area contributed by atoms with E-state index in [9.17, 15) is 22.0 Å². The van der Waals surface area contributed by atoms with Crippen molar-refractivity contribution < 1.29 is 22.0 Å². The van der Waals surface area contributed by atoms with Gasteiger partial charge < -0.3 is 4.90 Å². The summed E-state index contributed by atoms with van der Waals surface area (Å²) in [6.07, 6.45) is 3.63. The molecule has 1 fully saturated rings. The van der Waals surface area contributed by atoms with Crippen LogP contribution in [0.5, 0.6) is 0 Å². The summed E-state index contributed by atoms with van der Waals surface area (Å²) in [5.74, 6) is -1.26. The molecule has 1 unspecified atom stereocenters. The molecule has 0 saturated carbocycles. The highest BCUT2D eigenvalue weighted by atomic mass is 35.5. The number of piperazine rings is 1. The number of benzene rings is 2. The number of carbonyl (C=O) groups is 1. The van der Waals surface area contributed by atoms with Crippen molar-refractivity contribution in [3.8, 4) is 0 Å². The van der Waals surface area contributed by atoms with Gasteiger partial charge in [0.1, 0.15) is 11.6 Å². The molecule has 1 aliphatic rings. The summed E-state index contributed by atoms with van der Waals surface area (Å²) in [6, 6.07) is 8.51. The van der Waals surface area contributed by atoms with Crippen LogP contribution in [0.2, 0.25) is 5.02 Å². The highest BCUT2D eigenvalue weighted by molar-refractivity contribution is 7.92. The predicted molar refractivity (Wildman–Crippen MR) is 122 cm³/mol. The van der Waals surface area contributed by atoms with Gasteiger partial charge in [-0.15, -0.1) is 0 Å². The molecule has 1 atom stereocenters. The number of halogens is 3. The third kappa shape index (κ3) is 6.51. The van der Waals surface area contributed by atoms with Gasteiger partial charge >= 0.3 is 0 Å². The molecule has 172 valence electrons. The molecule has 0 radical (unpaired) electrons. The van der Waals surface area contributed by atoms with E-state index in [4.69, 9.17) is 11.6 Å². The Morgan fingerprint density at radius 3 is 2.53 bits per heavy atom. The Bertz CT molecular complexity index is 1120. The lowest BCUT2D eigenvalue weighted by Gasteiger charge is -2.39. The van der Waals surface area contributed by atoms with Crippen LogP contribution in [-0.2, 0) is 21.4 Å². The Hall–Kier alpha value is -2.49. The van der Waals surface area contributed by atoms with Crippen molar-refractivity contribution in [1.29, 1.82) is 0 Å². The average Bonchev–Trinajstić information content (AvgIpc) is 2.70. The second-order valence-electron chi connectivity index (χ2n) is 7.80. The first-order chi connectivity index (χ1) is 15.0. The van der Waals surface area contributed by atoms with Crippen LogP contribution in [0.15, 0.2) is 42.5 Å². The molecule has 2 aromatic rings. The van der Waals surface area contributed by atoms with Crippen LogP contribution in [-0.4, -0.2) is 56.1 Å². The van der Waals surface area contributed by atoms with Gasteiger partial charge in [0.15, 0.2) is 0 Å². The van der Waals surface area contributed by atoms with E-state index in [2.05, 4.69) is 9.62 Å². The number of hydrogen-bond acceptors (Lipinski definition) is 4. The maximum absolute atomic E-state index is 13.9. The van der Waals surface area contributed by atoms with Gasteiger partial charge in [-0.1, -0.05) is 23.7 Å². The van der Waals surface area contributed by atoms with Crippen molar-refractivity contribution in [2.24, 2.45) is 0 Å². The first-order valence-corrected chi connectivity index (χ1v) is 12.2. The molecular formula is C22H24ClF2N3O3S. The number of nitrogens with zero attached hydrogens (tertiary/aromatic N) is 2. The summed E-state index contributed by atoms with van der Waals surface area (Å²) >= 11 is 5.77. The second kappa shape index (κ2) is 9.97. The first-order valence-electron chi connectivity index (χ1n) is 9.94. The molecule has 2 aromatic carbocycles. The molecule has 3 rings (SSSR count).